The molecule has 1 heterocycles. The summed E-state index contributed by atoms with van der Waals surface area (Å²) < 4.78 is 38.9. The van der Waals surface area contributed by atoms with E-state index >= 15 is 0 Å². The molecule has 0 aliphatic heterocycles. The predicted octanol–water partition coefficient (Wildman–Crippen LogP) is 6.49. The van der Waals surface area contributed by atoms with Crippen LogP contribution in [-0.2, 0) is 6.18 Å². The second kappa shape index (κ2) is 8.18. The van der Waals surface area contributed by atoms with Crippen LogP contribution in [0.3, 0.4) is 0 Å². The van der Waals surface area contributed by atoms with Gasteiger partial charge in [-0.25, -0.2) is 4.98 Å². The lowest BCUT2D eigenvalue weighted by Crippen LogP contribution is -2.13. The number of benzene rings is 2. The maximum atomic E-state index is 12.9. The normalized spacial score (nSPS) is 11.5. The highest BCUT2D eigenvalue weighted by molar-refractivity contribution is 9.10. The summed E-state index contributed by atoms with van der Waals surface area (Å²) in [6.07, 6.45) is -4.40. The van der Waals surface area contributed by atoms with Crippen LogP contribution in [0.15, 0.2) is 59.1 Å². The maximum absolute atomic E-state index is 12.9. The smallest absolute Gasteiger partial charge is 0.352 e. The van der Waals surface area contributed by atoms with Gasteiger partial charge in [0.05, 0.1) is 16.9 Å². The van der Waals surface area contributed by atoms with Crippen LogP contribution in [0.2, 0.25) is 0 Å². The van der Waals surface area contributed by atoms with Gasteiger partial charge < -0.3 is 10.6 Å². The van der Waals surface area contributed by atoms with Crippen molar-refractivity contribution >= 4 is 33.4 Å². The maximum Gasteiger partial charge on any atom is 0.416 e. The van der Waals surface area contributed by atoms with Gasteiger partial charge in [0.25, 0.3) is 0 Å². The van der Waals surface area contributed by atoms with Crippen molar-refractivity contribution in [3.63, 3.8) is 0 Å². The number of hydrogen-bond acceptors (Lipinski definition) is 4. The standard InChI is InChI=1S/C20H18BrF3N4/c1-12(2)25-19-27-17(13-6-4-3-5-7-13)11-18(28-19)26-16-9-8-14(10-15(16)21)20(22,23)24/h3-12H,1-2H3,(H2,25,26,27,28). The molecule has 0 aliphatic carbocycles. The molecular formula is C20H18BrF3N4. The Bertz CT molecular complexity index is 959. The molecule has 0 saturated heterocycles. The van der Waals surface area contributed by atoms with Crippen LogP contribution in [-0.4, -0.2) is 16.0 Å². The second-order valence-electron chi connectivity index (χ2n) is 6.44. The van der Waals surface area contributed by atoms with Gasteiger partial charge >= 0.3 is 6.18 Å². The first-order valence-electron chi connectivity index (χ1n) is 8.57. The number of nitrogens with zero attached hydrogens (tertiary/aromatic N) is 2. The van der Waals surface area contributed by atoms with Gasteiger partial charge in [0.1, 0.15) is 5.82 Å². The molecule has 3 aromatic rings. The van der Waals surface area contributed by atoms with Crippen molar-refractivity contribution in [1.29, 1.82) is 0 Å². The van der Waals surface area contributed by atoms with Crippen LogP contribution in [0.25, 0.3) is 11.3 Å². The quantitative estimate of drug-likeness (QED) is 0.466. The van der Waals surface area contributed by atoms with Gasteiger partial charge in [0.15, 0.2) is 0 Å². The van der Waals surface area contributed by atoms with Crippen molar-refractivity contribution in [3.05, 3.63) is 64.6 Å². The van der Waals surface area contributed by atoms with Gasteiger partial charge in [-0.2, -0.15) is 18.2 Å². The molecule has 0 amide bonds. The molecule has 28 heavy (non-hydrogen) atoms. The van der Waals surface area contributed by atoms with E-state index in [9.17, 15) is 13.2 Å². The summed E-state index contributed by atoms with van der Waals surface area (Å²) in [5.74, 6) is 0.902. The average molecular weight is 451 g/mol. The lowest BCUT2D eigenvalue weighted by Gasteiger charge is -2.15. The lowest BCUT2D eigenvalue weighted by atomic mass is 10.1. The summed E-state index contributed by atoms with van der Waals surface area (Å²) >= 11 is 3.20. The molecule has 1 aromatic heterocycles. The SMILES string of the molecule is CC(C)Nc1nc(Nc2ccc(C(F)(F)F)cc2Br)cc(-c2ccccc2)n1. The minimum Gasteiger partial charge on any atom is -0.352 e. The van der Waals surface area contributed by atoms with Crippen LogP contribution >= 0.6 is 15.9 Å². The van der Waals surface area contributed by atoms with E-state index in [1.165, 1.54) is 6.07 Å². The van der Waals surface area contributed by atoms with Crippen LogP contribution in [0, 0.1) is 0 Å². The van der Waals surface area contributed by atoms with E-state index in [2.05, 4.69) is 36.5 Å². The molecule has 0 atom stereocenters. The minimum absolute atomic E-state index is 0.122. The van der Waals surface area contributed by atoms with Gasteiger partial charge in [-0.3, -0.25) is 0 Å². The lowest BCUT2D eigenvalue weighted by molar-refractivity contribution is -0.137. The molecule has 0 bridgehead atoms. The molecule has 0 saturated carbocycles. The number of alkyl halides is 3. The molecule has 8 heteroatoms. The van der Waals surface area contributed by atoms with E-state index in [4.69, 9.17) is 0 Å². The van der Waals surface area contributed by atoms with Crippen molar-refractivity contribution in [3.8, 4) is 11.3 Å². The number of hydrogen-bond donors (Lipinski definition) is 2. The number of rotatable bonds is 5. The molecule has 0 aliphatic rings. The van der Waals surface area contributed by atoms with Crippen molar-refractivity contribution in [2.75, 3.05) is 10.6 Å². The van der Waals surface area contributed by atoms with Crippen molar-refractivity contribution in [2.45, 2.75) is 26.1 Å². The van der Waals surface area contributed by atoms with Crippen LogP contribution in [0.4, 0.5) is 30.6 Å². The summed E-state index contributed by atoms with van der Waals surface area (Å²) in [6.45, 7) is 3.94. The van der Waals surface area contributed by atoms with E-state index in [0.717, 1.165) is 17.7 Å². The molecule has 146 valence electrons. The first kappa shape index (κ1) is 20.1. The zero-order valence-corrected chi connectivity index (χ0v) is 16.8. The highest BCUT2D eigenvalue weighted by Gasteiger charge is 2.30. The number of aromatic nitrogens is 2. The minimum atomic E-state index is -4.40. The Morgan fingerprint density at radius 3 is 2.29 bits per heavy atom. The summed E-state index contributed by atoms with van der Waals surface area (Å²) in [5.41, 5.74) is 1.36. The van der Waals surface area contributed by atoms with Crippen LogP contribution in [0.1, 0.15) is 19.4 Å². The Hall–Kier alpha value is -2.61. The highest BCUT2D eigenvalue weighted by Crippen LogP contribution is 2.35. The third-order valence-electron chi connectivity index (χ3n) is 3.77. The Morgan fingerprint density at radius 2 is 1.68 bits per heavy atom. The first-order valence-corrected chi connectivity index (χ1v) is 9.36. The van der Waals surface area contributed by atoms with Gasteiger partial charge in [0, 0.05) is 22.1 Å². The molecule has 0 unspecified atom stereocenters. The summed E-state index contributed by atoms with van der Waals surface area (Å²) in [4.78, 5) is 8.96. The topological polar surface area (TPSA) is 49.8 Å². The molecule has 0 fully saturated rings. The predicted molar refractivity (Wildman–Crippen MR) is 109 cm³/mol. The Kier molecular flexibility index (Phi) is 5.88. The number of nitrogens with one attached hydrogen (secondary N) is 2. The van der Waals surface area contributed by atoms with Crippen LogP contribution in [0.5, 0.6) is 0 Å². The largest absolute Gasteiger partial charge is 0.416 e. The second-order valence-corrected chi connectivity index (χ2v) is 7.30. The van der Waals surface area contributed by atoms with Gasteiger partial charge in [-0.05, 0) is 48.0 Å². The fourth-order valence-electron chi connectivity index (χ4n) is 2.52. The first-order chi connectivity index (χ1) is 13.2. The van der Waals surface area contributed by atoms with Gasteiger partial charge in [-0.1, -0.05) is 30.3 Å². The van der Waals surface area contributed by atoms with Crippen molar-refractivity contribution in [1.82, 2.24) is 9.97 Å². The average Bonchev–Trinajstić information content (AvgIpc) is 2.62. The molecule has 0 radical (unpaired) electrons. The molecular weight excluding hydrogens is 433 g/mol. The number of anilines is 3. The molecule has 0 spiro atoms. The molecule has 2 N–H and O–H groups in total. The zero-order chi connectivity index (χ0) is 20.3. The van der Waals surface area contributed by atoms with Crippen LogP contribution < -0.4 is 10.6 Å². The third kappa shape index (κ3) is 5.01. The van der Waals surface area contributed by atoms with Gasteiger partial charge in [-0.15, -0.1) is 0 Å². The fraction of sp³-hybridized carbons (Fsp3) is 0.200. The Labute approximate surface area is 169 Å². The highest BCUT2D eigenvalue weighted by atomic mass is 79.9. The Balaban J connectivity index is 1.97. The van der Waals surface area contributed by atoms with E-state index in [-0.39, 0.29) is 6.04 Å². The van der Waals surface area contributed by atoms with E-state index in [1.807, 2.05) is 44.2 Å². The van der Waals surface area contributed by atoms with Crippen molar-refractivity contribution in [2.24, 2.45) is 0 Å². The Morgan fingerprint density at radius 1 is 0.964 bits per heavy atom. The molecule has 4 nitrogen and oxygen atoms in total. The zero-order valence-electron chi connectivity index (χ0n) is 15.2. The number of halogens is 4. The summed E-state index contributed by atoms with van der Waals surface area (Å²) in [5, 5.41) is 6.23. The van der Waals surface area contributed by atoms with E-state index < -0.39 is 11.7 Å². The monoisotopic (exact) mass is 450 g/mol. The molecule has 2 aromatic carbocycles. The van der Waals surface area contributed by atoms with E-state index in [1.54, 1.807) is 6.07 Å². The summed E-state index contributed by atoms with van der Waals surface area (Å²) in [6, 6.07) is 14.9. The van der Waals surface area contributed by atoms with Gasteiger partial charge in [0.2, 0.25) is 5.95 Å². The summed E-state index contributed by atoms with van der Waals surface area (Å²) in [7, 11) is 0. The molecule has 3 rings (SSSR count). The van der Waals surface area contributed by atoms with Crippen molar-refractivity contribution < 1.29 is 13.2 Å². The van der Waals surface area contributed by atoms with E-state index in [0.29, 0.717) is 27.6 Å². The third-order valence-corrected chi connectivity index (χ3v) is 4.43. The fourth-order valence-corrected chi connectivity index (χ4v) is 3.00.